The first-order chi connectivity index (χ1) is 9.11. The Bertz CT molecular complexity index is 414. The topological polar surface area (TPSA) is 29.9 Å². The molecule has 2 unspecified atom stereocenters. The SMILES string of the molecule is CCCNC1CCCC(Cc2c(C)nn(C)c2Cl)C1. The average molecular weight is 284 g/mol. The van der Waals surface area contributed by atoms with E-state index in [1.807, 2.05) is 7.05 Å². The smallest absolute Gasteiger partial charge is 0.130 e. The van der Waals surface area contributed by atoms with Crippen LogP contribution in [-0.2, 0) is 13.5 Å². The highest BCUT2D eigenvalue weighted by molar-refractivity contribution is 6.30. The fraction of sp³-hybridized carbons (Fsp3) is 0.800. The molecule has 0 bridgehead atoms. The molecule has 0 saturated heterocycles. The molecule has 0 aromatic carbocycles. The zero-order valence-electron chi connectivity index (χ0n) is 12.4. The molecule has 1 aliphatic rings. The molecule has 3 nitrogen and oxygen atoms in total. The number of rotatable bonds is 5. The number of aromatic nitrogens is 2. The zero-order valence-corrected chi connectivity index (χ0v) is 13.1. The molecule has 1 aliphatic carbocycles. The van der Waals surface area contributed by atoms with Gasteiger partial charge in [-0.15, -0.1) is 0 Å². The fourth-order valence-corrected chi connectivity index (χ4v) is 3.46. The Morgan fingerprint density at radius 2 is 2.21 bits per heavy atom. The van der Waals surface area contributed by atoms with Crippen molar-refractivity contribution in [2.75, 3.05) is 6.54 Å². The Kier molecular flexibility index (Phi) is 5.28. The summed E-state index contributed by atoms with van der Waals surface area (Å²) in [5, 5.41) is 8.90. The maximum Gasteiger partial charge on any atom is 0.130 e. The molecule has 2 atom stereocenters. The highest BCUT2D eigenvalue weighted by Gasteiger charge is 2.24. The van der Waals surface area contributed by atoms with Gasteiger partial charge >= 0.3 is 0 Å². The van der Waals surface area contributed by atoms with E-state index in [-0.39, 0.29) is 0 Å². The lowest BCUT2D eigenvalue weighted by atomic mass is 9.82. The molecule has 108 valence electrons. The summed E-state index contributed by atoms with van der Waals surface area (Å²) in [5.74, 6) is 0.753. The second-order valence-electron chi connectivity index (χ2n) is 5.87. The Morgan fingerprint density at radius 1 is 1.42 bits per heavy atom. The molecule has 1 N–H and O–H groups in total. The van der Waals surface area contributed by atoms with Gasteiger partial charge in [-0.3, -0.25) is 4.68 Å². The van der Waals surface area contributed by atoms with E-state index >= 15 is 0 Å². The van der Waals surface area contributed by atoms with Crippen LogP contribution in [0.1, 0.15) is 50.3 Å². The first-order valence-electron chi connectivity index (χ1n) is 7.53. The van der Waals surface area contributed by atoms with Crippen LogP contribution in [0.5, 0.6) is 0 Å². The molecule has 1 heterocycles. The Balaban J connectivity index is 1.95. The first kappa shape index (κ1) is 14.9. The van der Waals surface area contributed by atoms with E-state index in [1.165, 1.54) is 37.7 Å². The van der Waals surface area contributed by atoms with Crippen LogP contribution in [0.3, 0.4) is 0 Å². The van der Waals surface area contributed by atoms with Crippen molar-refractivity contribution in [1.29, 1.82) is 0 Å². The maximum absolute atomic E-state index is 6.34. The molecule has 0 spiro atoms. The monoisotopic (exact) mass is 283 g/mol. The van der Waals surface area contributed by atoms with Crippen LogP contribution in [0.15, 0.2) is 0 Å². The molecule has 0 aliphatic heterocycles. The van der Waals surface area contributed by atoms with Crippen LogP contribution in [0, 0.1) is 12.8 Å². The summed E-state index contributed by atoms with van der Waals surface area (Å²) < 4.78 is 1.79. The molecule has 2 rings (SSSR count). The first-order valence-corrected chi connectivity index (χ1v) is 7.91. The van der Waals surface area contributed by atoms with Gasteiger partial charge in [-0.1, -0.05) is 31.4 Å². The summed E-state index contributed by atoms with van der Waals surface area (Å²) in [6.45, 7) is 5.44. The van der Waals surface area contributed by atoms with Crippen molar-refractivity contribution in [3.8, 4) is 0 Å². The minimum Gasteiger partial charge on any atom is -0.314 e. The number of hydrogen-bond acceptors (Lipinski definition) is 2. The third kappa shape index (κ3) is 3.73. The molecule has 1 fully saturated rings. The van der Waals surface area contributed by atoms with Gasteiger partial charge in [-0.05, 0) is 45.1 Å². The molecule has 1 aromatic heterocycles. The van der Waals surface area contributed by atoms with Crippen molar-refractivity contribution in [1.82, 2.24) is 15.1 Å². The third-order valence-electron chi connectivity index (χ3n) is 4.23. The Hall–Kier alpha value is -0.540. The second kappa shape index (κ2) is 6.76. The summed E-state index contributed by atoms with van der Waals surface area (Å²) in [6, 6.07) is 0.703. The van der Waals surface area contributed by atoms with E-state index in [0.717, 1.165) is 29.7 Å². The van der Waals surface area contributed by atoms with Crippen molar-refractivity contribution in [3.63, 3.8) is 0 Å². The third-order valence-corrected chi connectivity index (χ3v) is 4.70. The number of nitrogens with one attached hydrogen (secondary N) is 1. The summed E-state index contributed by atoms with van der Waals surface area (Å²) >= 11 is 6.34. The number of hydrogen-bond donors (Lipinski definition) is 1. The average Bonchev–Trinajstić information content (AvgIpc) is 2.64. The summed E-state index contributed by atoms with van der Waals surface area (Å²) in [5.41, 5.74) is 2.35. The zero-order chi connectivity index (χ0) is 13.8. The largest absolute Gasteiger partial charge is 0.314 e. The van der Waals surface area contributed by atoms with E-state index in [9.17, 15) is 0 Å². The lowest BCUT2D eigenvalue weighted by Crippen LogP contribution is -2.35. The number of halogens is 1. The molecule has 4 heteroatoms. The van der Waals surface area contributed by atoms with Crippen LogP contribution in [0.2, 0.25) is 5.15 Å². The van der Waals surface area contributed by atoms with Crippen LogP contribution >= 0.6 is 11.6 Å². The molecule has 1 aromatic rings. The van der Waals surface area contributed by atoms with Gasteiger partial charge in [0, 0.05) is 18.7 Å². The number of nitrogens with zero attached hydrogens (tertiary/aromatic N) is 2. The van der Waals surface area contributed by atoms with Gasteiger partial charge in [0.1, 0.15) is 5.15 Å². The number of aryl methyl sites for hydroxylation is 2. The van der Waals surface area contributed by atoms with E-state index in [2.05, 4.69) is 24.3 Å². The molecular weight excluding hydrogens is 258 g/mol. The van der Waals surface area contributed by atoms with E-state index in [1.54, 1.807) is 4.68 Å². The van der Waals surface area contributed by atoms with Gasteiger partial charge in [0.25, 0.3) is 0 Å². The predicted octanol–water partition coefficient (Wildman–Crippen LogP) is 3.48. The van der Waals surface area contributed by atoms with Gasteiger partial charge in [0.05, 0.1) is 5.69 Å². The molecular formula is C15H26ClN3. The molecule has 1 saturated carbocycles. The molecule has 19 heavy (non-hydrogen) atoms. The Labute approximate surface area is 121 Å². The lowest BCUT2D eigenvalue weighted by molar-refractivity contribution is 0.284. The van der Waals surface area contributed by atoms with E-state index in [4.69, 9.17) is 11.6 Å². The van der Waals surface area contributed by atoms with E-state index in [0.29, 0.717) is 6.04 Å². The standard InChI is InChI=1S/C15H26ClN3/c1-4-8-17-13-7-5-6-12(9-13)10-14-11(2)18-19(3)15(14)16/h12-13,17H,4-10H2,1-3H3. The van der Waals surface area contributed by atoms with Crippen LogP contribution in [-0.4, -0.2) is 22.4 Å². The molecule has 0 radical (unpaired) electrons. The minimum atomic E-state index is 0.703. The second-order valence-corrected chi connectivity index (χ2v) is 6.22. The van der Waals surface area contributed by atoms with Gasteiger partial charge < -0.3 is 5.32 Å². The van der Waals surface area contributed by atoms with Crippen molar-refractivity contribution >= 4 is 11.6 Å². The summed E-state index contributed by atoms with van der Waals surface area (Å²) in [7, 11) is 1.92. The maximum atomic E-state index is 6.34. The summed E-state index contributed by atoms with van der Waals surface area (Å²) in [4.78, 5) is 0. The van der Waals surface area contributed by atoms with Crippen molar-refractivity contribution in [2.24, 2.45) is 13.0 Å². The fourth-order valence-electron chi connectivity index (χ4n) is 3.20. The van der Waals surface area contributed by atoms with Crippen molar-refractivity contribution < 1.29 is 0 Å². The summed E-state index contributed by atoms with van der Waals surface area (Å²) in [6.07, 6.45) is 7.58. The predicted molar refractivity (Wildman–Crippen MR) is 80.7 cm³/mol. The van der Waals surface area contributed by atoms with Gasteiger partial charge in [0.15, 0.2) is 0 Å². The van der Waals surface area contributed by atoms with Gasteiger partial charge in [-0.25, -0.2) is 0 Å². The Morgan fingerprint density at radius 3 is 2.84 bits per heavy atom. The van der Waals surface area contributed by atoms with Crippen LogP contribution < -0.4 is 5.32 Å². The quantitative estimate of drug-likeness (QED) is 0.897. The lowest BCUT2D eigenvalue weighted by Gasteiger charge is -2.30. The normalized spacial score (nSPS) is 23.8. The van der Waals surface area contributed by atoms with Crippen molar-refractivity contribution in [2.45, 2.75) is 58.4 Å². The molecule has 0 amide bonds. The minimum absolute atomic E-state index is 0.703. The van der Waals surface area contributed by atoms with Crippen LogP contribution in [0.4, 0.5) is 0 Å². The highest BCUT2D eigenvalue weighted by atomic mass is 35.5. The van der Waals surface area contributed by atoms with E-state index < -0.39 is 0 Å². The van der Waals surface area contributed by atoms with Gasteiger partial charge in [-0.2, -0.15) is 5.10 Å². The van der Waals surface area contributed by atoms with Gasteiger partial charge in [0.2, 0.25) is 0 Å². The van der Waals surface area contributed by atoms with Crippen LogP contribution in [0.25, 0.3) is 0 Å². The van der Waals surface area contributed by atoms with Crippen molar-refractivity contribution in [3.05, 3.63) is 16.4 Å². The highest BCUT2D eigenvalue weighted by Crippen LogP contribution is 2.30.